The van der Waals surface area contributed by atoms with Gasteiger partial charge in [-0.05, 0) is 30.2 Å². The summed E-state index contributed by atoms with van der Waals surface area (Å²) in [7, 11) is 0. The van der Waals surface area contributed by atoms with Crippen molar-refractivity contribution in [3.8, 4) is 5.75 Å². The number of para-hydroxylation sites is 2. The minimum atomic E-state index is -0.294. The Morgan fingerprint density at radius 2 is 1.38 bits per heavy atom. The highest BCUT2D eigenvalue weighted by molar-refractivity contribution is 5.82. The lowest BCUT2D eigenvalue weighted by Gasteiger charge is -2.38. The summed E-state index contributed by atoms with van der Waals surface area (Å²) in [5.74, 6) is 1.18. The summed E-state index contributed by atoms with van der Waals surface area (Å²) < 4.78 is 5.84. The van der Waals surface area contributed by atoms with E-state index in [1.165, 1.54) is 11.1 Å². The van der Waals surface area contributed by atoms with Crippen molar-refractivity contribution >= 4 is 11.6 Å². The van der Waals surface area contributed by atoms with Gasteiger partial charge in [0.05, 0.1) is 19.0 Å². The van der Waals surface area contributed by atoms with Gasteiger partial charge in [-0.1, -0.05) is 72.8 Å². The number of amides is 1. The third kappa shape index (κ3) is 4.40. The van der Waals surface area contributed by atoms with Gasteiger partial charge in [-0.15, -0.1) is 0 Å². The number of hydrogen-bond donors (Lipinski definition) is 0. The van der Waals surface area contributed by atoms with Crippen LogP contribution in [0.1, 0.15) is 24.5 Å². The number of carbonyl (C=O) groups excluding carboxylic acids is 1. The maximum atomic E-state index is 13.3. The maximum Gasteiger partial charge on any atom is 0.224 e. The van der Waals surface area contributed by atoms with Gasteiger partial charge in [0.15, 0.2) is 0 Å². The van der Waals surface area contributed by atoms with E-state index >= 15 is 0 Å². The van der Waals surface area contributed by atoms with Gasteiger partial charge in [0.25, 0.3) is 0 Å². The average molecular weight is 456 g/mol. The Morgan fingerprint density at radius 1 is 0.794 bits per heavy atom. The van der Waals surface area contributed by atoms with Gasteiger partial charge in [-0.2, -0.15) is 0 Å². The van der Waals surface area contributed by atoms with Gasteiger partial charge in [-0.25, -0.2) is 0 Å². The molecule has 0 bridgehead atoms. The lowest BCUT2D eigenvalue weighted by molar-refractivity contribution is -0.129. The Hall–Kier alpha value is -3.31. The molecule has 5 heteroatoms. The zero-order valence-electron chi connectivity index (χ0n) is 19.9. The smallest absolute Gasteiger partial charge is 0.224 e. The lowest BCUT2D eigenvalue weighted by atomic mass is 9.74. The van der Waals surface area contributed by atoms with Crippen LogP contribution in [0.5, 0.6) is 5.75 Å². The van der Waals surface area contributed by atoms with Crippen LogP contribution in [-0.2, 0) is 10.2 Å². The third-order valence-electron chi connectivity index (χ3n) is 7.17. The summed E-state index contributed by atoms with van der Waals surface area (Å²) in [5.41, 5.74) is 3.30. The molecule has 2 saturated heterocycles. The fraction of sp³-hybridized carbons (Fsp3) is 0.345. The SMILES string of the molecule is CCOc1ccccc1N1CCN(CN2CC(c3ccccc3)(c3ccccc3)CC2=O)CC1. The van der Waals surface area contributed by atoms with Crippen molar-refractivity contribution in [2.45, 2.75) is 18.8 Å². The van der Waals surface area contributed by atoms with E-state index < -0.39 is 0 Å². The quantitative estimate of drug-likeness (QED) is 0.530. The van der Waals surface area contributed by atoms with Crippen molar-refractivity contribution in [1.82, 2.24) is 9.80 Å². The molecule has 1 amide bonds. The van der Waals surface area contributed by atoms with Gasteiger partial charge in [0, 0.05) is 44.6 Å². The van der Waals surface area contributed by atoms with Crippen LogP contribution >= 0.6 is 0 Å². The molecular formula is C29H33N3O2. The second-order valence-electron chi connectivity index (χ2n) is 9.23. The van der Waals surface area contributed by atoms with E-state index in [1.54, 1.807) is 0 Å². The summed E-state index contributed by atoms with van der Waals surface area (Å²) in [5, 5.41) is 0. The van der Waals surface area contributed by atoms with E-state index in [0.29, 0.717) is 26.2 Å². The molecule has 0 aromatic heterocycles. The predicted molar refractivity (Wildman–Crippen MR) is 136 cm³/mol. The van der Waals surface area contributed by atoms with Crippen LogP contribution in [0.4, 0.5) is 5.69 Å². The number of benzene rings is 3. The number of nitrogens with zero attached hydrogens (tertiary/aromatic N) is 3. The molecule has 0 atom stereocenters. The van der Waals surface area contributed by atoms with Gasteiger partial charge in [0.1, 0.15) is 5.75 Å². The minimum Gasteiger partial charge on any atom is -0.492 e. The number of likely N-dealkylation sites (tertiary alicyclic amines) is 1. The van der Waals surface area contributed by atoms with Crippen LogP contribution < -0.4 is 9.64 Å². The first-order chi connectivity index (χ1) is 16.7. The van der Waals surface area contributed by atoms with Crippen LogP contribution in [-0.4, -0.2) is 61.7 Å². The highest BCUT2D eigenvalue weighted by Crippen LogP contribution is 2.41. The van der Waals surface area contributed by atoms with Crippen LogP contribution in [0, 0.1) is 0 Å². The van der Waals surface area contributed by atoms with Crippen molar-refractivity contribution in [3.05, 3.63) is 96.1 Å². The topological polar surface area (TPSA) is 36.0 Å². The summed E-state index contributed by atoms with van der Waals surface area (Å²) in [6.07, 6.45) is 0.517. The lowest BCUT2D eigenvalue weighted by Crippen LogP contribution is -2.50. The van der Waals surface area contributed by atoms with Gasteiger partial charge in [0.2, 0.25) is 5.91 Å². The second kappa shape index (κ2) is 9.90. The zero-order valence-corrected chi connectivity index (χ0v) is 19.9. The van der Waals surface area contributed by atoms with Crippen molar-refractivity contribution in [3.63, 3.8) is 0 Å². The first-order valence-corrected chi connectivity index (χ1v) is 12.3. The Labute approximate surface area is 202 Å². The highest BCUT2D eigenvalue weighted by atomic mass is 16.5. The standard InChI is InChI=1S/C29H33N3O2/c1-2-34-27-16-10-9-15-26(27)31-19-17-30(18-20-31)23-32-22-29(21-28(32)33,24-11-5-3-6-12-24)25-13-7-4-8-14-25/h3-16H,2,17-23H2,1H3. The monoisotopic (exact) mass is 455 g/mol. The van der Waals surface area contributed by atoms with Crippen molar-refractivity contribution in [2.75, 3.05) is 50.9 Å². The molecule has 3 aromatic rings. The highest BCUT2D eigenvalue weighted by Gasteiger charge is 2.46. The molecule has 176 valence electrons. The van der Waals surface area contributed by atoms with E-state index in [0.717, 1.165) is 37.6 Å². The first-order valence-electron chi connectivity index (χ1n) is 12.3. The molecule has 0 spiro atoms. The molecule has 5 nitrogen and oxygen atoms in total. The number of hydrogen-bond acceptors (Lipinski definition) is 4. The van der Waals surface area contributed by atoms with E-state index in [1.807, 2.05) is 31.2 Å². The molecular weight excluding hydrogens is 422 g/mol. The maximum absolute atomic E-state index is 13.3. The number of carbonyl (C=O) groups is 1. The summed E-state index contributed by atoms with van der Waals surface area (Å²) in [6, 6.07) is 29.3. The van der Waals surface area contributed by atoms with E-state index in [-0.39, 0.29) is 11.3 Å². The fourth-order valence-corrected chi connectivity index (χ4v) is 5.40. The molecule has 0 radical (unpaired) electrons. The normalized spacial score (nSPS) is 18.3. The van der Waals surface area contributed by atoms with Crippen LogP contribution in [0.25, 0.3) is 0 Å². The molecule has 34 heavy (non-hydrogen) atoms. The van der Waals surface area contributed by atoms with Gasteiger partial charge < -0.3 is 14.5 Å². The number of ether oxygens (including phenoxy) is 1. The Kier molecular flexibility index (Phi) is 6.54. The predicted octanol–water partition coefficient (Wildman–Crippen LogP) is 4.38. The summed E-state index contributed by atoms with van der Waals surface area (Å²) >= 11 is 0. The third-order valence-corrected chi connectivity index (χ3v) is 7.17. The van der Waals surface area contributed by atoms with Crippen molar-refractivity contribution in [1.29, 1.82) is 0 Å². The Morgan fingerprint density at radius 3 is 2.00 bits per heavy atom. The van der Waals surface area contributed by atoms with E-state index in [2.05, 4.69) is 75.4 Å². The molecule has 2 heterocycles. The average Bonchev–Trinajstić information content (AvgIpc) is 3.23. The Bertz CT molecular complexity index is 1060. The zero-order chi connectivity index (χ0) is 23.4. The van der Waals surface area contributed by atoms with Crippen molar-refractivity contribution in [2.24, 2.45) is 0 Å². The molecule has 2 aliphatic rings. The van der Waals surface area contributed by atoms with Gasteiger partial charge >= 0.3 is 0 Å². The summed E-state index contributed by atoms with van der Waals surface area (Å²) in [4.78, 5) is 20.1. The van der Waals surface area contributed by atoms with E-state index in [9.17, 15) is 4.79 Å². The minimum absolute atomic E-state index is 0.233. The summed E-state index contributed by atoms with van der Waals surface area (Å²) in [6.45, 7) is 7.78. The number of anilines is 1. The van der Waals surface area contributed by atoms with E-state index in [4.69, 9.17) is 4.74 Å². The molecule has 0 saturated carbocycles. The molecule has 2 fully saturated rings. The van der Waals surface area contributed by atoms with Crippen LogP contribution in [0.15, 0.2) is 84.9 Å². The molecule has 3 aromatic carbocycles. The number of piperazine rings is 1. The van der Waals surface area contributed by atoms with Crippen molar-refractivity contribution < 1.29 is 9.53 Å². The largest absolute Gasteiger partial charge is 0.492 e. The first kappa shape index (κ1) is 22.5. The molecule has 0 aliphatic carbocycles. The van der Waals surface area contributed by atoms with Crippen LogP contribution in [0.3, 0.4) is 0 Å². The van der Waals surface area contributed by atoms with Crippen LogP contribution in [0.2, 0.25) is 0 Å². The second-order valence-corrected chi connectivity index (χ2v) is 9.23. The Balaban J connectivity index is 1.29. The number of rotatable bonds is 7. The molecule has 5 rings (SSSR count). The van der Waals surface area contributed by atoms with Gasteiger partial charge in [-0.3, -0.25) is 9.69 Å². The molecule has 2 aliphatic heterocycles. The molecule has 0 unspecified atom stereocenters. The molecule has 0 N–H and O–H groups in total. The fourth-order valence-electron chi connectivity index (χ4n) is 5.40.